The van der Waals surface area contributed by atoms with Crippen LogP contribution in [0.25, 0.3) is 0 Å². The topological polar surface area (TPSA) is 29.5 Å². The summed E-state index contributed by atoms with van der Waals surface area (Å²) < 4.78 is 5.57. The fourth-order valence-electron chi connectivity index (χ4n) is 2.66. The van der Waals surface area contributed by atoms with Crippen LogP contribution in [0.2, 0.25) is 0 Å². The van der Waals surface area contributed by atoms with Crippen LogP contribution in [-0.4, -0.2) is 29.2 Å². The molecule has 1 amide bonds. The number of benzene rings is 1. The predicted molar refractivity (Wildman–Crippen MR) is 96.6 cm³/mol. The van der Waals surface area contributed by atoms with Crippen molar-refractivity contribution in [3.63, 3.8) is 0 Å². The van der Waals surface area contributed by atoms with Gasteiger partial charge in [0.05, 0.1) is 0 Å². The third kappa shape index (κ3) is 5.59. The maximum atomic E-state index is 12.6. The molecule has 1 aromatic rings. The summed E-state index contributed by atoms with van der Waals surface area (Å²) in [6, 6.07) is 10.1. The zero-order valence-electron chi connectivity index (χ0n) is 14.8. The highest BCUT2D eigenvalue weighted by Gasteiger charge is 2.31. The van der Waals surface area contributed by atoms with Crippen molar-refractivity contribution in [3.05, 3.63) is 61.2 Å². The number of carbonyl (C=O) groups excluding carboxylic acids is 1. The van der Waals surface area contributed by atoms with Gasteiger partial charge >= 0.3 is 6.09 Å². The smallest absolute Gasteiger partial charge is 0.410 e. The summed E-state index contributed by atoms with van der Waals surface area (Å²) in [6.45, 7) is 15.9. The molecular weight excluding hydrogens is 286 g/mol. The second kappa shape index (κ2) is 8.56. The van der Waals surface area contributed by atoms with Gasteiger partial charge < -0.3 is 9.64 Å². The minimum Gasteiger partial charge on any atom is -0.444 e. The van der Waals surface area contributed by atoms with E-state index in [1.54, 1.807) is 11.0 Å². The average Bonchev–Trinajstić information content (AvgIpc) is 2.49. The van der Waals surface area contributed by atoms with E-state index < -0.39 is 5.60 Å². The highest BCUT2D eigenvalue weighted by molar-refractivity contribution is 5.69. The number of ether oxygens (including phenoxy) is 1. The zero-order valence-corrected chi connectivity index (χ0v) is 14.8. The summed E-state index contributed by atoms with van der Waals surface area (Å²) in [5, 5.41) is 0. The summed E-state index contributed by atoms with van der Waals surface area (Å²) in [5.74, 6) is 0.0497. The normalized spacial score (nSPS) is 13.7. The molecule has 0 radical (unpaired) electrons. The van der Waals surface area contributed by atoms with Crippen LogP contribution in [0.5, 0.6) is 0 Å². The van der Waals surface area contributed by atoms with Gasteiger partial charge in [-0.25, -0.2) is 4.79 Å². The van der Waals surface area contributed by atoms with Gasteiger partial charge in [0, 0.05) is 18.5 Å². The monoisotopic (exact) mass is 315 g/mol. The maximum Gasteiger partial charge on any atom is 0.410 e. The molecule has 0 aliphatic rings. The molecule has 0 saturated carbocycles. The van der Waals surface area contributed by atoms with Crippen LogP contribution in [-0.2, 0) is 4.74 Å². The summed E-state index contributed by atoms with van der Waals surface area (Å²) in [5.41, 5.74) is 0.623. The van der Waals surface area contributed by atoms with E-state index in [-0.39, 0.29) is 18.1 Å². The first-order valence-corrected chi connectivity index (χ1v) is 8.12. The van der Waals surface area contributed by atoms with Crippen molar-refractivity contribution in [2.75, 3.05) is 6.54 Å². The lowest BCUT2D eigenvalue weighted by Crippen LogP contribution is -2.45. The number of hydrogen-bond acceptors (Lipinski definition) is 2. The average molecular weight is 315 g/mol. The first kappa shape index (κ1) is 19.0. The van der Waals surface area contributed by atoms with E-state index in [1.165, 1.54) is 0 Å². The molecule has 0 aliphatic carbocycles. The number of nitrogens with zero attached hydrogens (tertiary/aromatic N) is 1. The fraction of sp³-hybridized carbons (Fsp3) is 0.450. The molecule has 0 N–H and O–H groups in total. The van der Waals surface area contributed by atoms with Crippen LogP contribution in [0.3, 0.4) is 0 Å². The Morgan fingerprint density at radius 2 is 1.87 bits per heavy atom. The van der Waals surface area contributed by atoms with Gasteiger partial charge in [0.2, 0.25) is 0 Å². The van der Waals surface area contributed by atoms with Crippen LogP contribution in [0.15, 0.2) is 55.6 Å². The minimum absolute atomic E-state index is 0.0252. The van der Waals surface area contributed by atoms with E-state index in [1.807, 2.05) is 45.0 Å². The lowest BCUT2D eigenvalue weighted by atomic mass is 9.89. The Bertz CT molecular complexity index is 516. The van der Waals surface area contributed by atoms with Gasteiger partial charge in [-0.05, 0) is 32.8 Å². The van der Waals surface area contributed by atoms with Gasteiger partial charge in [0.15, 0.2) is 0 Å². The molecule has 0 unspecified atom stereocenters. The molecule has 0 heterocycles. The molecule has 0 bridgehead atoms. The van der Waals surface area contributed by atoms with Gasteiger partial charge in [-0.15, -0.1) is 13.2 Å². The van der Waals surface area contributed by atoms with Crippen molar-refractivity contribution in [3.8, 4) is 0 Å². The molecule has 0 aromatic heterocycles. The second-order valence-corrected chi connectivity index (χ2v) is 6.57. The van der Waals surface area contributed by atoms with E-state index in [4.69, 9.17) is 4.74 Å². The lowest BCUT2D eigenvalue weighted by molar-refractivity contribution is 0.0170. The highest BCUT2D eigenvalue weighted by atomic mass is 16.6. The van der Waals surface area contributed by atoms with Crippen molar-refractivity contribution >= 4 is 6.09 Å². The molecular formula is C20H29NO2. The Labute approximate surface area is 140 Å². The molecule has 0 saturated heterocycles. The molecule has 1 aromatic carbocycles. The third-order valence-electron chi connectivity index (χ3n) is 3.63. The van der Waals surface area contributed by atoms with Crippen molar-refractivity contribution in [1.82, 2.24) is 4.90 Å². The molecule has 0 aliphatic heterocycles. The Balaban J connectivity index is 3.11. The summed E-state index contributed by atoms with van der Waals surface area (Å²) in [6.07, 6.45) is 4.13. The van der Waals surface area contributed by atoms with Crippen LogP contribution < -0.4 is 0 Å². The summed E-state index contributed by atoms with van der Waals surface area (Å²) in [4.78, 5) is 14.4. The molecule has 2 atom stereocenters. The first-order valence-electron chi connectivity index (χ1n) is 8.12. The summed E-state index contributed by atoms with van der Waals surface area (Å²) >= 11 is 0. The van der Waals surface area contributed by atoms with Crippen LogP contribution in [0.4, 0.5) is 4.79 Å². The second-order valence-electron chi connectivity index (χ2n) is 6.57. The van der Waals surface area contributed by atoms with Crippen LogP contribution >= 0.6 is 0 Å². The van der Waals surface area contributed by atoms with Crippen molar-refractivity contribution in [1.29, 1.82) is 0 Å². The van der Waals surface area contributed by atoms with E-state index in [0.717, 1.165) is 12.0 Å². The highest BCUT2D eigenvalue weighted by Crippen LogP contribution is 2.28. The standard InChI is InChI=1S/C20H29NO2/c1-7-15-21(19(22)23-20(4,5)6)18(9-3)17(8-2)16-13-11-10-12-14-16/h7-8,10-14,17-18H,1-2,9,15H2,3-6H3/t17-,18-/m1/s1. The Morgan fingerprint density at radius 1 is 1.26 bits per heavy atom. The van der Waals surface area contributed by atoms with Crippen molar-refractivity contribution in [2.45, 2.75) is 51.7 Å². The molecule has 23 heavy (non-hydrogen) atoms. The number of rotatable bonds is 7. The lowest BCUT2D eigenvalue weighted by Gasteiger charge is -2.36. The minimum atomic E-state index is -0.523. The first-order chi connectivity index (χ1) is 10.8. The Hall–Kier alpha value is -2.03. The zero-order chi connectivity index (χ0) is 17.5. The van der Waals surface area contributed by atoms with Crippen molar-refractivity contribution in [2.24, 2.45) is 0 Å². The number of amides is 1. The third-order valence-corrected chi connectivity index (χ3v) is 3.63. The Morgan fingerprint density at radius 3 is 2.30 bits per heavy atom. The van der Waals surface area contributed by atoms with Gasteiger partial charge in [0.1, 0.15) is 5.60 Å². The van der Waals surface area contributed by atoms with Gasteiger partial charge in [0.25, 0.3) is 0 Å². The van der Waals surface area contributed by atoms with Crippen molar-refractivity contribution < 1.29 is 9.53 Å². The number of carbonyl (C=O) groups is 1. The molecule has 0 spiro atoms. The molecule has 126 valence electrons. The van der Waals surface area contributed by atoms with E-state index in [2.05, 4.69) is 32.2 Å². The maximum absolute atomic E-state index is 12.6. The van der Waals surface area contributed by atoms with E-state index in [0.29, 0.717) is 6.54 Å². The molecule has 3 heteroatoms. The van der Waals surface area contributed by atoms with Gasteiger partial charge in [-0.1, -0.05) is 49.4 Å². The van der Waals surface area contributed by atoms with E-state index >= 15 is 0 Å². The van der Waals surface area contributed by atoms with E-state index in [9.17, 15) is 4.79 Å². The largest absolute Gasteiger partial charge is 0.444 e. The molecule has 1 rings (SSSR count). The number of hydrogen-bond donors (Lipinski definition) is 0. The summed E-state index contributed by atoms with van der Waals surface area (Å²) in [7, 11) is 0. The van der Waals surface area contributed by atoms with Gasteiger partial charge in [-0.3, -0.25) is 0 Å². The van der Waals surface area contributed by atoms with Crippen LogP contribution in [0.1, 0.15) is 45.6 Å². The predicted octanol–water partition coefficient (Wildman–Crippen LogP) is 5.16. The fourth-order valence-corrected chi connectivity index (χ4v) is 2.66. The molecule has 0 fully saturated rings. The molecule has 3 nitrogen and oxygen atoms in total. The SMILES string of the molecule is C=CCN(C(=O)OC(C)(C)C)[C@H](CC)[C@H](C=C)c1ccccc1. The van der Waals surface area contributed by atoms with Gasteiger partial charge in [-0.2, -0.15) is 0 Å². The quantitative estimate of drug-likeness (QED) is 0.651. The Kier molecular flexibility index (Phi) is 7.08. The van der Waals surface area contributed by atoms with Crippen LogP contribution in [0, 0.1) is 0 Å².